The van der Waals surface area contributed by atoms with Crippen molar-refractivity contribution in [2.45, 2.75) is 28.8 Å². The van der Waals surface area contributed by atoms with Crippen LogP contribution in [-0.4, -0.2) is 33.6 Å². The van der Waals surface area contributed by atoms with Crippen molar-refractivity contribution in [2.75, 3.05) is 0 Å². The van der Waals surface area contributed by atoms with Gasteiger partial charge in [-0.1, -0.05) is 78.9 Å². The summed E-state index contributed by atoms with van der Waals surface area (Å²) in [6, 6.07) is 28.0. The molecular weight excluding hydrogens is 603 g/mol. The molecule has 1 saturated heterocycles. The highest BCUT2D eigenvalue weighted by molar-refractivity contribution is 6.36. The zero-order chi connectivity index (χ0) is 30.8. The molecule has 8 nitrogen and oxygen atoms in total. The van der Waals surface area contributed by atoms with E-state index in [9.17, 15) is 24.5 Å². The van der Waals surface area contributed by atoms with Crippen LogP contribution in [-0.2, 0) is 41.9 Å². The number of rotatable bonds is 7. The molecule has 4 aliphatic rings. The molecule has 0 spiro atoms. The van der Waals surface area contributed by atoms with Gasteiger partial charge in [-0.25, -0.2) is 4.79 Å². The molecule has 2 bridgehead atoms. The summed E-state index contributed by atoms with van der Waals surface area (Å²) in [5.41, 5.74) is 3.80. The first-order valence-electron chi connectivity index (χ1n) is 14.1. The van der Waals surface area contributed by atoms with Crippen LogP contribution in [0, 0.1) is 22.0 Å². The number of halogens is 2. The number of nitrogens with zero attached hydrogens (tertiary/aromatic N) is 2. The lowest BCUT2D eigenvalue weighted by molar-refractivity contribution is -0.384. The van der Waals surface area contributed by atoms with Crippen LogP contribution < -0.4 is 0 Å². The van der Waals surface area contributed by atoms with Crippen molar-refractivity contribution in [1.82, 2.24) is 4.90 Å². The van der Waals surface area contributed by atoms with E-state index in [1.54, 1.807) is 24.3 Å². The number of alkyl halides is 2. The number of benzene rings is 4. The average molecular weight is 627 g/mol. The minimum absolute atomic E-state index is 0.0152. The van der Waals surface area contributed by atoms with Gasteiger partial charge >= 0.3 is 5.97 Å². The fourth-order valence-electron chi connectivity index (χ4n) is 7.08. The molecule has 0 N–H and O–H groups in total. The molecule has 220 valence electrons. The molecule has 1 heterocycles. The summed E-state index contributed by atoms with van der Waals surface area (Å²) >= 11 is 15.1. The summed E-state index contributed by atoms with van der Waals surface area (Å²) in [7, 11) is 0. The van der Waals surface area contributed by atoms with Gasteiger partial charge in [-0.2, -0.15) is 0 Å². The van der Waals surface area contributed by atoms with E-state index < -0.39 is 50.3 Å². The van der Waals surface area contributed by atoms with E-state index in [0.29, 0.717) is 27.8 Å². The summed E-state index contributed by atoms with van der Waals surface area (Å²) < 4.78 is 5.65. The van der Waals surface area contributed by atoms with Crippen molar-refractivity contribution in [1.29, 1.82) is 0 Å². The third kappa shape index (κ3) is 3.94. The van der Waals surface area contributed by atoms with Crippen molar-refractivity contribution in [3.63, 3.8) is 0 Å². The lowest BCUT2D eigenvalue weighted by atomic mass is 9.54. The molecule has 0 aromatic heterocycles. The number of carbonyl (C=O) groups excluding carboxylic acids is 3. The molecule has 0 saturated carbocycles. The number of esters is 1. The number of nitro groups is 1. The monoisotopic (exact) mass is 626 g/mol. The molecule has 2 amide bonds. The Morgan fingerprint density at radius 2 is 1.20 bits per heavy atom. The van der Waals surface area contributed by atoms with Gasteiger partial charge < -0.3 is 4.74 Å². The van der Waals surface area contributed by atoms with Gasteiger partial charge in [-0.3, -0.25) is 24.6 Å². The van der Waals surface area contributed by atoms with Crippen LogP contribution in [0.1, 0.15) is 33.4 Å². The van der Waals surface area contributed by atoms with E-state index in [2.05, 4.69) is 0 Å². The summed E-state index contributed by atoms with van der Waals surface area (Å²) in [4.78, 5) is 51.6. The summed E-state index contributed by atoms with van der Waals surface area (Å²) in [5.74, 6) is -4.07. The first-order valence-corrected chi connectivity index (χ1v) is 14.8. The molecule has 1 aliphatic heterocycles. The Kier molecular flexibility index (Phi) is 6.60. The van der Waals surface area contributed by atoms with E-state index >= 15 is 0 Å². The van der Waals surface area contributed by atoms with Crippen LogP contribution in [0.4, 0.5) is 5.69 Å². The van der Waals surface area contributed by atoms with Gasteiger partial charge in [0, 0.05) is 18.6 Å². The molecular formula is C34H24Cl2N2O6. The first kappa shape index (κ1) is 28.3. The SMILES string of the molecule is O=C(OCc1ccc([N+](=O)[O-])cc1)[C@@H](Cc1ccccc1)N1C(=O)[C@@H]2[C@H](C1=O)C1(Cl)c3ccccc3C2(Cl)c2ccccc21. The molecule has 0 radical (unpaired) electrons. The van der Waals surface area contributed by atoms with Gasteiger partial charge in [-0.05, 0) is 45.5 Å². The first-order chi connectivity index (χ1) is 21.2. The third-order valence-corrected chi connectivity index (χ3v) is 10.3. The van der Waals surface area contributed by atoms with E-state index in [1.165, 1.54) is 24.3 Å². The second-order valence-electron chi connectivity index (χ2n) is 11.3. The molecule has 44 heavy (non-hydrogen) atoms. The standard InChI is InChI=1S/C34H24Cl2N2O6/c35-33-23-10-4-5-11-24(23)34(36,26-13-7-6-12-25(26)33)29-28(33)30(39)37(31(29)40)27(18-20-8-2-1-3-9-20)32(41)44-19-21-14-16-22(17-15-21)38(42)43/h1-17,27-29H,18-19H2/t27-,28-,29+,33?,34?/m1/s1. The number of hydrogen-bond acceptors (Lipinski definition) is 6. The van der Waals surface area contributed by atoms with Crippen molar-refractivity contribution >= 4 is 46.7 Å². The molecule has 3 atom stereocenters. The topological polar surface area (TPSA) is 107 Å². The van der Waals surface area contributed by atoms with Crippen LogP contribution in [0.3, 0.4) is 0 Å². The van der Waals surface area contributed by atoms with Crippen LogP contribution >= 0.6 is 23.2 Å². The second kappa shape index (κ2) is 10.3. The van der Waals surface area contributed by atoms with E-state index in [0.717, 1.165) is 10.5 Å². The Balaban J connectivity index is 1.29. The number of nitro benzene ring substituents is 1. The van der Waals surface area contributed by atoms with Gasteiger partial charge in [0.05, 0.1) is 16.8 Å². The van der Waals surface area contributed by atoms with Crippen molar-refractivity contribution in [3.8, 4) is 0 Å². The highest BCUT2D eigenvalue weighted by Gasteiger charge is 2.73. The molecule has 8 rings (SSSR count). The number of likely N-dealkylation sites (tertiary alicyclic amines) is 1. The highest BCUT2D eigenvalue weighted by Crippen LogP contribution is 2.69. The number of carbonyl (C=O) groups is 3. The number of imide groups is 1. The maximum atomic E-state index is 14.5. The number of ether oxygens (including phenoxy) is 1. The van der Waals surface area contributed by atoms with Crippen molar-refractivity contribution in [3.05, 3.63) is 147 Å². The summed E-state index contributed by atoms with van der Waals surface area (Å²) in [5, 5.41) is 11.0. The molecule has 0 unspecified atom stereocenters. The predicted molar refractivity (Wildman–Crippen MR) is 162 cm³/mol. The smallest absolute Gasteiger partial charge is 0.330 e. The average Bonchev–Trinajstić information content (AvgIpc) is 3.32. The maximum Gasteiger partial charge on any atom is 0.330 e. The highest BCUT2D eigenvalue weighted by atomic mass is 35.5. The molecule has 10 heteroatoms. The largest absolute Gasteiger partial charge is 0.459 e. The third-order valence-electron chi connectivity index (χ3n) is 9.00. The van der Waals surface area contributed by atoms with Crippen molar-refractivity contribution in [2.24, 2.45) is 11.8 Å². The second-order valence-corrected chi connectivity index (χ2v) is 12.4. The van der Waals surface area contributed by atoms with Crippen LogP contribution in [0.15, 0.2) is 103 Å². The molecule has 1 fully saturated rings. The van der Waals surface area contributed by atoms with Gasteiger partial charge in [0.15, 0.2) is 0 Å². The minimum atomic E-state index is -1.38. The van der Waals surface area contributed by atoms with Crippen LogP contribution in [0.5, 0.6) is 0 Å². The minimum Gasteiger partial charge on any atom is -0.459 e. The van der Waals surface area contributed by atoms with Gasteiger partial charge in [0.2, 0.25) is 11.8 Å². The maximum absolute atomic E-state index is 14.5. The zero-order valence-corrected chi connectivity index (χ0v) is 24.6. The summed E-state index contributed by atoms with van der Waals surface area (Å²) in [6.45, 7) is -0.207. The van der Waals surface area contributed by atoms with Crippen molar-refractivity contribution < 1.29 is 24.0 Å². The van der Waals surface area contributed by atoms with Crippen LogP contribution in [0.25, 0.3) is 0 Å². The number of non-ortho nitro benzene ring substituents is 1. The predicted octanol–water partition coefficient (Wildman–Crippen LogP) is 5.84. The van der Waals surface area contributed by atoms with E-state index in [1.807, 2.05) is 54.6 Å². The van der Waals surface area contributed by atoms with Crippen LogP contribution in [0.2, 0.25) is 0 Å². The normalized spacial score (nSPS) is 25.2. The Bertz CT molecular complexity index is 1720. The fourth-order valence-corrected chi connectivity index (χ4v) is 8.18. The zero-order valence-electron chi connectivity index (χ0n) is 23.1. The fraction of sp³-hybridized carbons (Fsp3) is 0.206. The van der Waals surface area contributed by atoms with Gasteiger partial charge in [-0.15, -0.1) is 23.2 Å². The van der Waals surface area contributed by atoms with Gasteiger partial charge in [0.1, 0.15) is 22.4 Å². The van der Waals surface area contributed by atoms with Gasteiger partial charge in [0.25, 0.3) is 5.69 Å². The number of hydrogen-bond donors (Lipinski definition) is 0. The Labute approximate surface area is 262 Å². The van der Waals surface area contributed by atoms with E-state index in [4.69, 9.17) is 27.9 Å². The Morgan fingerprint density at radius 3 is 1.66 bits per heavy atom. The molecule has 3 aliphatic carbocycles. The lowest BCUT2D eigenvalue weighted by Gasteiger charge is -2.54. The lowest BCUT2D eigenvalue weighted by Crippen LogP contribution is -2.57. The number of amides is 2. The quantitative estimate of drug-likeness (QED) is 0.0838. The summed E-state index contributed by atoms with van der Waals surface area (Å²) in [6.07, 6.45) is 0.0152. The Morgan fingerprint density at radius 1 is 0.750 bits per heavy atom. The molecule has 4 aromatic rings. The Hall–Kier alpha value is -4.53. The van der Waals surface area contributed by atoms with E-state index in [-0.39, 0.29) is 18.7 Å². The molecule has 4 aromatic carbocycles.